The van der Waals surface area contributed by atoms with E-state index in [1.165, 1.54) is 26.3 Å². The van der Waals surface area contributed by atoms with E-state index >= 15 is 0 Å². The molecule has 0 spiro atoms. The molecular weight excluding hydrogens is 397 g/mol. The van der Waals surface area contributed by atoms with E-state index in [9.17, 15) is 26.4 Å². The van der Waals surface area contributed by atoms with Gasteiger partial charge in [0, 0.05) is 45.0 Å². The quantitative estimate of drug-likeness (QED) is 0.767. The first-order chi connectivity index (χ1) is 13.1. The number of hydrogen-bond donors (Lipinski definition) is 0. The number of carbonyl (C=O) groups is 1. The van der Waals surface area contributed by atoms with Crippen LogP contribution >= 0.6 is 0 Å². The van der Waals surface area contributed by atoms with Crippen LogP contribution in [0.25, 0.3) is 0 Å². The Morgan fingerprint density at radius 1 is 1.07 bits per heavy atom. The fraction of sp³-hybridized carbons (Fsp3) is 0.412. The minimum Gasteiger partial charge on any atom is -0.339 e. The predicted octanol–water partition coefficient (Wildman–Crippen LogP) is 1.98. The number of carbonyl (C=O) groups excluding carboxylic acids is 1. The second kappa shape index (κ2) is 7.55. The number of alkyl halides is 3. The van der Waals surface area contributed by atoms with Crippen molar-refractivity contribution in [1.82, 2.24) is 18.8 Å². The standard InChI is InChI=1S/C17H19F3N4O3S/c1-22-11-15(21-12-22)28(26,27)24-8-2-7-23(9-10-24)16(25)13-3-5-14(6-4-13)17(18,19)20/h3-6,11-12H,2,7-10H2,1H3. The van der Waals surface area contributed by atoms with Crippen molar-refractivity contribution in [1.29, 1.82) is 0 Å². The normalized spacial score (nSPS) is 16.8. The summed E-state index contributed by atoms with van der Waals surface area (Å²) >= 11 is 0. The average Bonchev–Trinajstić information content (AvgIpc) is 2.93. The highest BCUT2D eigenvalue weighted by Gasteiger charge is 2.32. The van der Waals surface area contributed by atoms with E-state index in [1.54, 1.807) is 7.05 Å². The van der Waals surface area contributed by atoms with E-state index < -0.39 is 27.7 Å². The Morgan fingerprint density at radius 3 is 2.32 bits per heavy atom. The second-order valence-corrected chi connectivity index (χ2v) is 8.39. The number of sulfonamides is 1. The predicted molar refractivity (Wildman–Crippen MR) is 93.9 cm³/mol. The molecule has 0 N–H and O–H groups in total. The van der Waals surface area contributed by atoms with Crippen molar-refractivity contribution in [3.63, 3.8) is 0 Å². The maximum Gasteiger partial charge on any atom is 0.416 e. The van der Waals surface area contributed by atoms with E-state index in [-0.39, 0.29) is 30.2 Å². The summed E-state index contributed by atoms with van der Waals surface area (Å²) in [5.41, 5.74) is -0.693. The van der Waals surface area contributed by atoms with Crippen LogP contribution in [0.15, 0.2) is 41.8 Å². The Hall–Kier alpha value is -2.40. The van der Waals surface area contributed by atoms with Crippen molar-refractivity contribution >= 4 is 15.9 Å². The lowest BCUT2D eigenvalue weighted by molar-refractivity contribution is -0.137. The van der Waals surface area contributed by atoms with Gasteiger partial charge in [-0.1, -0.05) is 0 Å². The number of halogens is 3. The molecule has 0 aliphatic carbocycles. The fourth-order valence-electron chi connectivity index (χ4n) is 2.98. The number of imidazole rings is 1. The second-order valence-electron chi connectivity index (χ2n) is 6.50. The third-order valence-corrected chi connectivity index (χ3v) is 6.27. The maximum atomic E-state index is 12.7. The number of aromatic nitrogens is 2. The van der Waals surface area contributed by atoms with Crippen LogP contribution in [-0.2, 0) is 23.2 Å². The molecule has 0 saturated carbocycles. The van der Waals surface area contributed by atoms with Gasteiger partial charge < -0.3 is 9.47 Å². The third-order valence-electron chi connectivity index (χ3n) is 4.49. The van der Waals surface area contributed by atoms with Gasteiger partial charge in [0.25, 0.3) is 15.9 Å². The minimum atomic E-state index is -4.47. The highest BCUT2D eigenvalue weighted by Crippen LogP contribution is 2.29. The summed E-state index contributed by atoms with van der Waals surface area (Å²) in [4.78, 5) is 17.9. The Morgan fingerprint density at radius 2 is 1.75 bits per heavy atom. The Labute approximate surface area is 160 Å². The van der Waals surface area contributed by atoms with Gasteiger partial charge in [-0.15, -0.1) is 0 Å². The van der Waals surface area contributed by atoms with E-state index in [0.29, 0.717) is 13.0 Å². The van der Waals surface area contributed by atoms with Gasteiger partial charge in [-0.2, -0.15) is 17.5 Å². The van der Waals surface area contributed by atoms with E-state index in [4.69, 9.17) is 0 Å². The molecule has 0 atom stereocenters. The van der Waals surface area contributed by atoms with E-state index in [0.717, 1.165) is 24.3 Å². The molecule has 152 valence electrons. The Balaban J connectivity index is 1.70. The van der Waals surface area contributed by atoms with Crippen molar-refractivity contribution < 1.29 is 26.4 Å². The van der Waals surface area contributed by atoms with Crippen LogP contribution in [0.3, 0.4) is 0 Å². The molecule has 7 nitrogen and oxygen atoms in total. The van der Waals surface area contributed by atoms with Crippen LogP contribution in [0.4, 0.5) is 13.2 Å². The number of amides is 1. The Kier molecular flexibility index (Phi) is 5.48. The molecule has 1 aliphatic heterocycles. The molecule has 11 heteroatoms. The largest absolute Gasteiger partial charge is 0.416 e. The first-order valence-corrected chi connectivity index (χ1v) is 9.98. The van der Waals surface area contributed by atoms with Gasteiger partial charge in [0.15, 0.2) is 5.03 Å². The van der Waals surface area contributed by atoms with Gasteiger partial charge in [0.1, 0.15) is 0 Å². The summed E-state index contributed by atoms with van der Waals surface area (Å²) in [5, 5.41) is -0.0579. The van der Waals surface area contributed by atoms with Gasteiger partial charge in [-0.3, -0.25) is 4.79 Å². The lowest BCUT2D eigenvalue weighted by Gasteiger charge is -2.21. The number of aryl methyl sites for hydroxylation is 1. The van der Waals surface area contributed by atoms with E-state index in [1.807, 2.05) is 0 Å². The summed E-state index contributed by atoms with van der Waals surface area (Å²) in [6.07, 6.45) is -1.25. The number of nitrogens with zero attached hydrogens (tertiary/aromatic N) is 4. The summed E-state index contributed by atoms with van der Waals surface area (Å²) in [5.74, 6) is -0.425. The van der Waals surface area contributed by atoms with Crippen molar-refractivity contribution in [2.75, 3.05) is 26.2 Å². The first-order valence-electron chi connectivity index (χ1n) is 8.54. The fourth-order valence-corrected chi connectivity index (χ4v) is 4.41. The topological polar surface area (TPSA) is 75.5 Å². The molecule has 2 heterocycles. The van der Waals surface area contributed by atoms with Gasteiger partial charge >= 0.3 is 6.18 Å². The molecule has 1 aromatic carbocycles. The van der Waals surface area contributed by atoms with Crippen LogP contribution in [0.5, 0.6) is 0 Å². The summed E-state index contributed by atoms with van der Waals surface area (Å²) in [7, 11) is -2.10. The zero-order valence-corrected chi connectivity index (χ0v) is 15.9. The third kappa shape index (κ3) is 4.20. The smallest absolute Gasteiger partial charge is 0.339 e. The summed E-state index contributed by atoms with van der Waals surface area (Å²) in [6.45, 7) is 0.779. The SMILES string of the molecule is Cn1cnc(S(=O)(=O)N2CCCN(C(=O)c3ccc(C(F)(F)F)cc3)CC2)c1. The zero-order chi connectivity index (χ0) is 20.5. The van der Waals surface area contributed by atoms with Crippen LogP contribution in [-0.4, -0.2) is 59.3 Å². The monoisotopic (exact) mass is 416 g/mol. The van der Waals surface area contributed by atoms with Crippen molar-refractivity contribution in [3.05, 3.63) is 47.9 Å². The van der Waals surface area contributed by atoms with Crippen LogP contribution in [0, 0.1) is 0 Å². The minimum absolute atomic E-state index is 0.0579. The lowest BCUT2D eigenvalue weighted by atomic mass is 10.1. The maximum absolute atomic E-state index is 12.7. The van der Waals surface area contributed by atoms with Gasteiger partial charge in [-0.05, 0) is 30.7 Å². The number of rotatable bonds is 3. The molecule has 1 amide bonds. The van der Waals surface area contributed by atoms with Crippen LogP contribution < -0.4 is 0 Å². The number of hydrogen-bond acceptors (Lipinski definition) is 4. The van der Waals surface area contributed by atoms with Gasteiger partial charge in [-0.25, -0.2) is 13.4 Å². The molecule has 2 aromatic rings. The van der Waals surface area contributed by atoms with E-state index in [2.05, 4.69) is 4.98 Å². The molecule has 1 fully saturated rings. The average molecular weight is 416 g/mol. The molecule has 1 aromatic heterocycles. The van der Waals surface area contributed by atoms with Crippen LogP contribution in [0.1, 0.15) is 22.3 Å². The molecule has 1 aliphatic rings. The van der Waals surface area contributed by atoms with Crippen molar-refractivity contribution in [3.8, 4) is 0 Å². The first kappa shape index (κ1) is 20.3. The molecule has 1 saturated heterocycles. The van der Waals surface area contributed by atoms with Crippen LogP contribution in [0.2, 0.25) is 0 Å². The molecular formula is C17H19F3N4O3S. The highest BCUT2D eigenvalue weighted by atomic mass is 32.2. The zero-order valence-electron chi connectivity index (χ0n) is 15.1. The summed E-state index contributed by atoms with van der Waals surface area (Å²) in [6, 6.07) is 4.00. The summed E-state index contributed by atoms with van der Waals surface area (Å²) < 4.78 is 66.1. The lowest BCUT2D eigenvalue weighted by Crippen LogP contribution is -2.37. The van der Waals surface area contributed by atoms with Gasteiger partial charge in [0.05, 0.1) is 11.9 Å². The highest BCUT2D eigenvalue weighted by molar-refractivity contribution is 7.89. The molecule has 0 bridgehead atoms. The molecule has 3 rings (SSSR count). The Bertz CT molecular complexity index is 955. The molecule has 0 radical (unpaired) electrons. The molecule has 28 heavy (non-hydrogen) atoms. The van der Waals surface area contributed by atoms with Gasteiger partial charge in [0.2, 0.25) is 0 Å². The number of benzene rings is 1. The van der Waals surface area contributed by atoms with Crippen molar-refractivity contribution in [2.45, 2.75) is 17.6 Å². The van der Waals surface area contributed by atoms with Crippen molar-refractivity contribution in [2.24, 2.45) is 7.05 Å². The molecule has 0 unspecified atom stereocenters.